The largest absolute Gasteiger partial charge is 0.481 e. The second kappa shape index (κ2) is 7.82. The van der Waals surface area contributed by atoms with Crippen molar-refractivity contribution in [2.75, 3.05) is 6.54 Å². The topological polar surface area (TPSA) is 98.7 Å². The van der Waals surface area contributed by atoms with Crippen molar-refractivity contribution in [3.8, 4) is 0 Å². The fraction of sp³-hybridized carbons (Fsp3) is 0.800. The van der Waals surface area contributed by atoms with E-state index in [1.165, 1.54) is 6.92 Å². The van der Waals surface area contributed by atoms with Gasteiger partial charge in [0.2, 0.25) is 0 Å². The number of hydrogen-bond acceptors (Lipinski definition) is 3. The molecule has 2 amide bonds. The third-order valence-corrected chi connectivity index (χ3v) is 2.33. The molecule has 4 N–H and O–H groups in total. The van der Waals surface area contributed by atoms with Gasteiger partial charge in [0.15, 0.2) is 6.10 Å². The Bertz CT molecular complexity index is 310. The summed E-state index contributed by atoms with van der Waals surface area (Å²) in [5.74, 6) is -1.03. The highest BCUT2D eigenvalue weighted by Crippen LogP contribution is 2.23. The lowest BCUT2D eigenvalue weighted by atomic mass is 10.1. The van der Waals surface area contributed by atoms with Crippen molar-refractivity contribution < 1.29 is 33.0 Å². The van der Waals surface area contributed by atoms with Crippen LogP contribution in [0.4, 0.5) is 18.0 Å². The summed E-state index contributed by atoms with van der Waals surface area (Å²) in [6.07, 6.45) is -7.52. The van der Waals surface area contributed by atoms with Crippen LogP contribution in [0.15, 0.2) is 0 Å². The van der Waals surface area contributed by atoms with Crippen LogP contribution in [0.2, 0.25) is 0 Å². The SMILES string of the molecule is CCC(NC(=O)NCCCC(=O)O)C(O)C(F)(F)F. The molecule has 0 fully saturated rings. The summed E-state index contributed by atoms with van der Waals surface area (Å²) in [7, 11) is 0. The second-order valence-corrected chi connectivity index (χ2v) is 3.90. The maximum absolute atomic E-state index is 12.2. The van der Waals surface area contributed by atoms with Crippen LogP contribution in [0.3, 0.4) is 0 Å². The molecule has 0 aliphatic heterocycles. The number of carboxylic acid groups (broad SMARTS) is 1. The van der Waals surface area contributed by atoms with Crippen molar-refractivity contribution in [1.82, 2.24) is 10.6 Å². The number of alkyl halides is 3. The molecule has 0 aromatic carbocycles. The third-order valence-electron chi connectivity index (χ3n) is 2.33. The molecule has 0 aliphatic carbocycles. The highest BCUT2D eigenvalue weighted by atomic mass is 19.4. The van der Waals surface area contributed by atoms with Gasteiger partial charge in [0, 0.05) is 13.0 Å². The fourth-order valence-electron chi connectivity index (χ4n) is 1.29. The predicted octanol–water partition coefficient (Wildman–Crippen LogP) is 0.852. The normalized spacial score (nSPS) is 14.6. The standard InChI is InChI=1S/C10H17F3N2O4/c1-2-6(8(18)10(11,12)13)15-9(19)14-5-3-4-7(16)17/h6,8,18H,2-5H2,1H3,(H,16,17)(H2,14,15,19). The van der Waals surface area contributed by atoms with Gasteiger partial charge in [-0.25, -0.2) is 4.79 Å². The van der Waals surface area contributed by atoms with Crippen molar-refractivity contribution in [3.05, 3.63) is 0 Å². The van der Waals surface area contributed by atoms with E-state index in [1.54, 1.807) is 0 Å². The zero-order chi connectivity index (χ0) is 15.1. The van der Waals surface area contributed by atoms with Gasteiger partial charge in [-0.3, -0.25) is 4.79 Å². The summed E-state index contributed by atoms with van der Waals surface area (Å²) < 4.78 is 36.7. The molecule has 19 heavy (non-hydrogen) atoms. The lowest BCUT2D eigenvalue weighted by molar-refractivity contribution is -0.211. The first-order chi connectivity index (χ1) is 8.68. The smallest absolute Gasteiger partial charge is 0.416 e. The van der Waals surface area contributed by atoms with Crippen LogP contribution in [-0.4, -0.2) is 47.1 Å². The number of halogens is 3. The lowest BCUT2D eigenvalue weighted by Gasteiger charge is -2.24. The molecule has 0 aromatic rings. The van der Waals surface area contributed by atoms with E-state index in [0.29, 0.717) is 0 Å². The van der Waals surface area contributed by atoms with Crippen molar-refractivity contribution in [3.63, 3.8) is 0 Å². The van der Waals surface area contributed by atoms with Gasteiger partial charge in [-0.2, -0.15) is 13.2 Å². The number of carboxylic acids is 1. The van der Waals surface area contributed by atoms with Gasteiger partial charge in [-0.05, 0) is 12.8 Å². The van der Waals surface area contributed by atoms with E-state index < -0.39 is 30.3 Å². The van der Waals surface area contributed by atoms with Crippen LogP contribution in [-0.2, 0) is 4.79 Å². The molecule has 6 nitrogen and oxygen atoms in total. The first kappa shape index (κ1) is 17.5. The fourth-order valence-corrected chi connectivity index (χ4v) is 1.29. The monoisotopic (exact) mass is 286 g/mol. The van der Waals surface area contributed by atoms with Crippen LogP contribution in [0.5, 0.6) is 0 Å². The van der Waals surface area contributed by atoms with Crippen LogP contribution in [0, 0.1) is 0 Å². The maximum atomic E-state index is 12.2. The second-order valence-electron chi connectivity index (χ2n) is 3.90. The predicted molar refractivity (Wildman–Crippen MR) is 59.5 cm³/mol. The van der Waals surface area contributed by atoms with Gasteiger partial charge in [-0.15, -0.1) is 0 Å². The molecule has 112 valence electrons. The lowest BCUT2D eigenvalue weighted by Crippen LogP contribution is -2.52. The van der Waals surface area contributed by atoms with Gasteiger partial charge in [-0.1, -0.05) is 6.92 Å². The summed E-state index contributed by atoms with van der Waals surface area (Å²) >= 11 is 0. The van der Waals surface area contributed by atoms with E-state index in [-0.39, 0.29) is 25.8 Å². The number of carbonyl (C=O) groups excluding carboxylic acids is 1. The third kappa shape index (κ3) is 7.50. The van der Waals surface area contributed by atoms with Gasteiger partial charge in [0.1, 0.15) is 0 Å². The molecule has 0 radical (unpaired) electrons. The Morgan fingerprint density at radius 2 is 1.89 bits per heavy atom. The number of urea groups is 1. The summed E-state index contributed by atoms with van der Waals surface area (Å²) in [4.78, 5) is 21.4. The van der Waals surface area contributed by atoms with E-state index in [4.69, 9.17) is 10.2 Å². The van der Waals surface area contributed by atoms with Gasteiger partial charge in [0.05, 0.1) is 6.04 Å². The van der Waals surface area contributed by atoms with Crippen LogP contribution < -0.4 is 10.6 Å². The minimum Gasteiger partial charge on any atom is -0.481 e. The molecule has 0 heterocycles. The first-order valence-corrected chi connectivity index (χ1v) is 5.69. The summed E-state index contributed by atoms with van der Waals surface area (Å²) in [6.45, 7) is 1.42. The molecule has 0 saturated carbocycles. The highest BCUT2D eigenvalue weighted by molar-refractivity contribution is 5.74. The number of hydrogen-bond donors (Lipinski definition) is 4. The van der Waals surface area contributed by atoms with E-state index in [0.717, 1.165) is 0 Å². The van der Waals surface area contributed by atoms with Crippen molar-refractivity contribution in [1.29, 1.82) is 0 Å². The summed E-state index contributed by atoms with van der Waals surface area (Å²) in [6, 6.07) is -2.32. The Labute approximate surface area is 108 Å². The van der Waals surface area contributed by atoms with Crippen molar-refractivity contribution >= 4 is 12.0 Å². The molecule has 2 atom stereocenters. The molecular weight excluding hydrogens is 269 g/mol. The van der Waals surface area contributed by atoms with Crippen LogP contribution in [0.25, 0.3) is 0 Å². The molecule has 0 rings (SSSR count). The maximum Gasteiger partial charge on any atom is 0.416 e. The summed E-state index contributed by atoms with van der Waals surface area (Å²) in [5.41, 5.74) is 0. The number of aliphatic hydroxyl groups excluding tert-OH is 1. The molecule has 0 bridgehead atoms. The Morgan fingerprint density at radius 3 is 2.32 bits per heavy atom. The zero-order valence-electron chi connectivity index (χ0n) is 10.3. The number of amides is 2. The average molecular weight is 286 g/mol. The minimum atomic E-state index is -4.81. The zero-order valence-corrected chi connectivity index (χ0v) is 10.3. The van der Waals surface area contributed by atoms with Crippen molar-refractivity contribution in [2.45, 2.75) is 44.5 Å². The van der Waals surface area contributed by atoms with Gasteiger partial charge >= 0.3 is 18.2 Å². The van der Waals surface area contributed by atoms with E-state index in [9.17, 15) is 22.8 Å². The number of aliphatic hydroxyl groups is 1. The molecule has 0 saturated heterocycles. The van der Waals surface area contributed by atoms with Gasteiger partial charge in [0.25, 0.3) is 0 Å². The van der Waals surface area contributed by atoms with Crippen LogP contribution >= 0.6 is 0 Å². The Hall–Kier alpha value is -1.51. The van der Waals surface area contributed by atoms with E-state index >= 15 is 0 Å². The molecular formula is C10H17F3N2O4. The first-order valence-electron chi connectivity index (χ1n) is 5.69. The number of rotatable bonds is 7. The van der Waals surface area contributed by atoms with Gasteiger partial charge < -0.3 is 20.8 Å². The quantitative estimate of drug-likeness (QED) is 0.521. The Morgan fingerprint density at radius 1 is 1.32 bits per heavy atom. The Kier molecular flexibility index (Phi) is 7.20. The molecule has 9 heteroatoms. The molecule has 0 spiro atoms. The van der Waals surface area contributed by atoms with E-state index in [1.807, 2.05) is 5.32 Å². The highest BCUT2D eigenvalue weighted by Gasteiger charge is 2.43. The van der Waals surface area contributed by atoms with Crippen molar-refractivity contribution in [2.24, 2.45) is 0 Å². The molecule has 0 aliphatic rings. The van der Waals surface area contributed by atoms with E-state index in [2.05, 4.69) is 5.32 Å². The number of nitrogens with one attached hydrogen (secondary N) is 2. The minimum absolute atomic E-state index is 0.0245. The molecule has 2 unspecified atom stereocenters. The average Bonchev–Trinajstić information content (AvgIpc) is 2.29. The number of carbonyl (C=O) groups is 2. The summed E-state index contributed by atoms with van der Waals surface area (Å²) in [5, 5.41) is 21.5. The Balaban J connectivity index is 4.11. The molecule has 0 aromatic heterocycles. The number of aliphatic carboxylic acids is 1. The van der Waals surface area contributed by atoms with Crippen LogP contribution in [0.1, 0.15) is 26.2 Å².